The summed E-state index contributed by atoms with van der Waals surface area (Å²) < 4.78 is 13.9. The number of benzene rings is 2. The van der Waals surface area contributed by atoms with Gasteiger partial charge in [-0.15, -0.1) is 0 Å². The van der Waals surface area contributed by atoms with Crippen molar-refractivity contribution in [1.82, 2.24) is 9.97 Å². The molecule has 0 bridgehead atoms. The van der Waals surface area contributed by atoms with Gasteiger partial charge in [0.05, 0.1) is 5.02 Å². The van der Waals surface area contributed by atoms with Crippen LogP contribution in [0.3, 0.4) is 0 Å². The van der Waals surface area contributed by atoms with Crippen molar-refractivity contribution >= 4 is 17.4 Å². The van der Waals surface area contributed by atoms with Gasteiger partial charge in [0.2, 0.25) is 0 Å². The fourth-order valence-electron chi connectivity index (χ4n) is 2.38. The number of hydrogen-bond donors (Lipinski definition) is 2. The summed E-state index contributed by atoms with van der Waals surface area (Å²) in [5.41, 5.74) is 2.03. The first kappa shape index (κ1) is 17.8. The Bertz CT molecular complexity index is 994. The second-order valence-electron chi connectivity index (χ2n) is 5.69. The monoisotopic (exact) mass is 374 g/mol. The number of aryl methyl sites for hydroxylation is 1. The van der Waals surface area contributed by atoms with E-state index in [9.17, 15) is 19.5 Å². The van der Waals surface area contributed by atoms with Crippen molar-refractivity contribution in [3.63, 3.8) is 0 Å². The molecule has 0 amide bonds. The third-order valence-corrected chi connectivity index (χ3v) is 4.17. The molecule has 2 aromatic carbocycles. The number of aromatic nitrogens is 2. The molecule has 0 saturated carbocycles. The molecule has 6 nitrogen and oxygen atoms in total. The Labute approximate surface area is 153 Å². The Balaban J connectivity index is 1.84. The third kappa shape index (κ3) is 3.62. The van der Waals surface area contributed by atoms with Gasteiger partial charge < -0.3 is 10.2 Å². The molecule has 1 heterocycles. The summed E-state index contributed by atoms with van der Waals surface area (Å²) in [6.07, 6.45) is 2.59. The van der Waals surface area contributed by atoms with Crippen molar-refractivity contribution in [1.29, 1.82) is 0 Å². The highest BCUT2D eigenvalue weighted by Crippen LogP contribution is 2.36. The minimum atomic E-state index is -0.415. The molecule has 8 heteroatoms. The standard InChI is InChI=1S/C18H13ClFN3O3/c1-10-2-3-12(20)4-11(10)9-23(26)18-8-21-15(7-22-18)13-5-16(24)17(25)6-14(13)19/h2-8H,9H2,1H3,(H-,21,22,24,25,26)/p+1. The summed E-state index contributed by atoms with van der Waals surface area (Å²) in [4.78, 5) is 20.5. The second kappa shape index (κ2) is 7.05. The van der Waals surface area contributed by atoms with Crippen LogP contribution >= 0.6 is 11.6 Å². The number of nitroso groups, excluding NO2 is 1. The van der Waals surface area contributed by atoms with Crippen LogP contribution in [0.2, 0.25) is 5.02 Å². The molecule has 0 fully saturated rings. The lowest BCUT2D eigenvalue weighted by Crippen LogP contribution is -2.05. The highest BCUT2D eigenvalue weighted by Gasteiger charge is 2.19. The van der Waals surface area contributed by atoms with Gasteiger partial charge in [0, 0.05) is 17.2 Å². The SMILES string of the molecule is Cc1ccc(F)cc1C[N+](=O)c1cnc(-c2cc(O)c(O)cc2Cl)cn1. The van der Waals surface area contributed by atoms with E-state index in [-0.39, 0.29) is 28.9 Å². The van der Waals surface area contributed by atoms with Gasteiger partial charge in [0.1, 0.15) is 17.7 Å². The van der Waals surface area contributed by atoms with Gasteiger partial charge in [0.25, 0.3) is 0 Å². The van der Waals surface area contributed by atoms with Crippen LogP contribution in [0.4, 0.5) is 10.2 Å². The summed E-state index contributed by atoms with van der Waals surface area (Å²) in [5, 5.41) is 19.2. The summed E-state index contributed by atoms with van der Waals surface area (Å²) in [5.74, 6) is -1.06. The number of aromatic hydroxyl groups is 2. The van der Waals surface area contributed by atoms with Crippen LogP contribution in [0.5, 0.6) is 11.5 Å². The number of rotatable bonds is 4. The molecule has 0 radical (unpaired) electrons. The number of nitrogens with zero attached hydrogens (tertiary/aromatic N) is 3. The van der Waals surface area contributed by atoms with Crippen molar-refractivity contribution < 1.29 is 19.4 Å². The van der Waals surface area contributed by atoms with Crippen molar-refractivity contribution in [3.05, 3.63) is 69.6 Å². The molecule has 0 atom stereocenters. The molecule has 26 heavy (non-hydrogen) atoms. The van der Waals surface area contributed by atoms with Crippen LogP contribution in [0.1, 0.15) is 11.1 Å². The lowest BCUT2D eigenvalue weighted by molar-refractivity contribution is -0.484. The molecule has 0 aliphatic rings. The van der Waals surface area contributed by atoms with E-state index in [1.54, 1.807) is 13.0 Å². The Morgan fingerprint density at radius 3 is 2.54 bits per heavy atom. The Hall–Kier alpha value is -3.06. The molecule has 1 aromatic heterocycles. The van der Waals surface area contributed by atoms with Gasteiger partial charge in [-0.3, -0.25) is 0 Å². The molecule has 0 spiro atoms. The molecule has 132 valence electrons. The maximum absolute atomic E-state index is 13.3. The average Bonchev–Trinajstić information content (AvgIpc) is 2.61. The topological polar surface area (TPSA) is 86.3 Å². The van der Waals surface area contributed by atoms with Crippen LogP contribution in [0, 0.1) is 17.6 Å². The normalized spacial score (nSPS) is 10.7. The molecule has 0 unspecified atom stereocenters. The van der Waals surface area contributed by atoms with Crippen LogP contribution in [0.15, 0.2) is 42.7 Å². The first-order valence-corrected chi connectivity index (χ1v) is 7.96. The minimum absolute atomic E-state index is 0.0523. The molecule has 0 saturated heterocycles. The van der Waals surface area contributed by atoms with E-state index in [0.717, 1.165) is 5.56 Å². The zero-order chi connectivity index (χ0) is 18.8. The van der Waals surface area contributed by atoms with Crippen molar-refractivity contribution in [2.45, 2.75) is 13.5 Å². The quantitative estimate of drug-likeness (QED) is 0.526. The first-order chi connectivity index (χ1) is 12.3. The average molecular weight is 375 g/mol. The lowest BCUT2D eigenvalue weighted by atomic mass is 10.1. The van der Waals surface area contributed by atoms with Gasteiger partial charge in [-0.2, -0.15) is 0 Å². The van der Waals surface area contributed by atoms with E-state index in [2.05, 4.69) is 9.97 Å². The van der Waals surface area contributed by atoms with Gasteiger partial charge in [-0.25, -0.2) is 9.37 Å². The highest BCUT2D eigenvalue weighted by molar-refractivity contribution is 6.33. The summed E-state index contributed by atoms with van der Waals surface area (Å²) >= 11 is 6.03. The molecular formula is C18H14ClFN3O3+. The smallest absolute Gasteiger partial charge is 0.379 e. The molecular weight excluding hydrogens is 361 g/mol. The fraction of sp³-hybridized carbons (Fsp3) is 0.111. The number of halogens is 2. The lowest BCUT2D eigenvalue weighted by Gasteiger charge is -2.05. The van der Waals surface area contributed by atoms with Gasteiger partial charge in [0.15, 0.2) is 24.2 Å². The van der Waals surface area contributed by atoms with Gasteiger partial charge in [-0.05, 0) is 40.4 Å². The predicted molar refractivity (Wildman–Crippen MR) is 93.9 cm³/mol. The Kier molecular flexibility index (Phi) is 4.81. The summed E-state index contributed by atoms with van der Waals surface area (Å²) in [7, 11) is 0. The van der Waals surface area contributed by atoms with Crippen molar-refractivity contribution in [2.75, 3.05) is 0 Å². The molecule has 0 aliphatic heterocycles. The van der Waals surface area contributed by atoms with E-state index in [0.29, 0.717) is 21.6 Å². The van der Waals surface area contributed by atoms with Crippen molar-refractivity contribution in [3.8, 4) is 22.8 Å². The molecule has 0 aliphatic carbocycles. The summed E-state index contributed by atoms with van der Waals surface area (Å²) in [6, 6.07) is 6.69. The third-order valence-electron chi connectivity index (χ3n) is 3.86. The van der Waals surface area contributed by atoms with Crippen LogP contribution in [0.25, 0.3) is 11.3 Å². The number of hydrogen-bond acceptors (Lipinski definition) is 5. The highest BCUT2D eigenvalue weighted by atomic mass is 35.5. The van der Waals surface area contributed by atoms with Gasteiger partial charge >= 0.3 is 5.82 Å². The Morgan fingerprint density at radius 2 is 1.85 bits per heavy atom. The molecule has 3 aromatic rings. The Morgan fingerprint density at radius 1 is 1.12 bits per heavy atom. The van der Waals surface area contributed by atoms with E-state index < -0.39 is 5.82 Å². The number of phenolic OH excluding ortho intramolecular Hbond substituents is 2. The first-order valence-electron chi connectivity index (χ1n) is 7.58. The van der Waals surface area contributed by atoms with E-state index in [1.165, 1.54) is 36.7 Å². The van der Waals surface area contributed by atoms with Crippen LogP contribution in [-0.4, -0.2) is 24.9 Å². The fourth-order valence-corrected chi connectivity index (χ4v) is 2.64. The molecule has 2 N–H and O–H groups in total. The van der Waals surface area contributed by atoms with Crippen molar-refractivity contribution in [2.24, 2.45) is 0 Å². The maximum atomic E-state index is 13.3. The largest absolute Gasteiger partial charge is 0.504 e. The molecule has 3 rings (SSSR count). The maximum Gasteiger partial charge on any atom is 0.379 e. The van der Waals surface area contributed by atoms with Gasteiger partial charge in [-0.1, -0.05) is 22.6 Å². The summed E-state index contributed by atoms with van der Waals surface area (Å²) in [6.45, 7) is 1.72. The predicted octanol–water partition coefficient (Wildman–Crippen LogP) is 4.27. The number of phenols is 2. The van der Waals surface area contributed by atoms with E-state index in [4.69, 9.17) is 11.6 Å². The second-order valence-corrected chi connectivity index (χ2v) is 6.10. The van der Waals surface area contributed by atoms with Crippen LogP contribution in [-0.2, 0) is 6.54 Å². The zero-order valence-corrected chi connectivity index (χ0v) is 14.4. The van der Waals surface area contributed by atoms with E-state index in [1.807, 2.05) is 0 Å². The van der Waals surface area contributed by atoms with Crippen LogP contribution < -0.4 is 0 Å². The van der Waals surface area contributed by atoms with E-state index >= 15 is 0 Å². The minimum Gasteiger partial charge on any atom is -0.504 e. The zero-order valence-electron chi connectivity index (χ0n) is 13.6.